The maximum atomic E-state index is 12.3. The van der Waals surface area contributed by atoms with E-state index in [9.17, 15) is 9.90 Å². The molecule has 2 rings (SSSR count). The Morgan fingerprint density at radius 2 is 1.91 bits per heavy atom. The molecule has 116 valence electrons. The first-order valence-electron chi connectivity index (χ1n) is 7.31. The minimum absolute atomic E-state index is 0.0922. The molecular weight excluding hydrogens is 278 g/mol. The van der Waals surface area contributed by atoms with Crippen LogP contribution in [0.3, 0.4) is 0 Å². The van der Waals surface area contributed by atoms with E-state index in [1.54, 1.807) is 12.1 Å². The summed E-state index contributed by atoms with van der Waals surface area (Å²) in [5, 5.41) is 12.8. The number of carbonyl (C=O) groups excluding carboxylic acids is 1. The zero-order valence-corrected chi connectivity index (χ0v) is 13.1. The second-order valence-corrected chi connectivity index (χ2v) is 5.17. The van der Waals surface area contributed by atoms with Crippen molar-refractivity contribution in [2.45, 2.75) is 26.3 Å². The Morgan fingerprint density at radius 1 is 1.23 bits per heavy atom. The lowest BCUT2D eigenvalue weighted by Gasteiger charge is -2.15. The van der Waals surface area contributed by atoms with E-state index in [4.69, 9.17) is 4.74 Å². The molecule has 1 atom stereocenters. The number of phenolic OH excluding ortho intramolecular Hbond substituents is 1. The van der Waals surface area contributed by atoms with Gasteiger partial charge in [-0.25, -0.2) is 0 Å². The lowest BCUT2D eigenvalue weighted by molar-refractivity contribution is 0.0937. The van der Waals surface area contributed by atoms with Crippen LogP contribution in [-0.4, -0.2) is 18.1 Å². The van der Waals surface area contributed by atoms with Gasteiger partial charge in [-0.2, -0.15) is 0 Å². The fourth-order valence-electron chi connectivity index (χ4n) is 2.23. The van der Waals surface area contributed by atoms with Gasteiger partial charge in [0.1, 0.15) is 11.5 Å². The maximum Gasteiger partial charge on any atom is 0.255 e. The number of hydrogen-bond donors (Lipinski definition) is 2. The smallest absolute Gasteiger partial charge is 0.255 e. The summed E-state index contributed by atoms with van der Waals surface area (Å²) in [5.74, 6) is 0.106. The van der Waals surface area contributed by atoms with Gasteiger partial charge in [0.15, 0.2) is 0 Å². The number of nitrogens with one attached hydrogen (secondary N) is 1. The van der Waals surface area contributed by atoms with Crippen molar-refractivity contribution in [1.82, 2.24) is 5.32 Å². The normalized spacial score (nSPS) is 11.8. The average Bonchev–Trinajstić information content (AvgIpc) is 2.54. The summed E-state index contributed by atoms with van der Waals surface area (Å²) in [5.41, 5.74) is 2.52. The molecule has 2 aromatic carbocycles. The van der Waals surface area contributed by atoms with E-state index >= 15 is 0 Å². The van der Waals surface area contributed by atoms with Crippen LogP contribution in [0.5, 0.6) is 11.5 Å². The van der Waals surface area contributed by atoms with Crippen molar-refractivity contribution in [1.29, 1.82) is 0 Å². The summed E-state index contributed by atoms with van der Waals surface area (Å²) in [6.45, 7) is 4.02. The number of phenols is 1. The zero-order valence-electron chi connectivity index (χ0n) is 13.1. The monoisotopic (exact) mass is 299 g/mol. The van der Waals surface area contributed by atoms with Gasteiger partial charge >= 0.3 is 0 Å². The van der Waals surface area contributed by atoms with E-state index in [2.05, 4.69) is 24.4 Å². The van der Waals surface area contributed by atoms with Gasteiger partial charge in [0.2, 0.25) is 0 Å². The van der Waals surface area contributed by atoms with Crippen LogP contribution >= 0.6 is 0 Å². The van der Waals surface area contributed by atoms with Crippen molar-refractivity contribution in [2.75, 3.05) is 7.11 Å². The van der Waals surface area contributed by atoms with Gasteiger partial charge < -0.3 is 15.2 Å². The van der Waals surface area contributed by atoms with Crippen LogP contribution in [-0.2, 0) is 6.42 Å². The van der Waals surface area contributed by atoms with Crippen molar-refractivity contribution in [3.05, 3.63) is 59.2 Å². The number of carbonyl (C=O) groups is 1. The highest BCUT2D eigenvalue weighted by Crippen LogP contribution is 2.24. The van der Waals surface area contributed by atoms with E-state index in [-0.39, 0.29) is 23.3 Å². The molecule has 2 N–H and O–H groups in total. The van der Waals surface area contributed by atoms with Crippen molar-refractivity contribution >= 4 is 5.91 Å². The van der Waals surface area contributed by atoms with Gasteiger partial charge in [0.25, 0.3) is 5.91 Å². The number of aryl methyl sites for hydroxylation is 1. The summed E-state index contributed by atoms with van der Waals surface area (Å²) in [6, 6.07) is 12.6. The van der Waals surface area contributed by atoms with Crippen molar-refractivity contribution in [3.8, 4) is 11.5 Å². The molecule has 0 spiro atoms. The summed E-state index contributed by atoms with van der Waals surface area (Å²) in [6.07, 6.45) is 0.987. The Morgan fingerprint density at radius 3 is 2.45 bits per heavy atom. The van der Waals surface area contributed by atoms with Gasteiger partial charge in [0.05, 0.1) is 18.7 Å². The molecule has 4 heteroatoms. The van der Waals surface area contributed by atoms with Crippen LogP contribution < -0.4 is 10.1 Å². The summed E-state index contributed by atoms with van der Waals surface area (Å²) >= 11 is 0. The van der Waals surface area contributed by atoms with E-state index < -0.39 is 0 Å². The van der Waals surface area contributed by atoms with E-state index in [1.165, 1.54) is 18.7 Å². The first-order chi connectivity index (χ1) is 10.5. The fraction of sp³-hybridized carbons (Fsp3) is 0.278. The van der Waals surface area contributed by atoms with Crippen LogP contribution in [0.15, 0.2) is 42.5 Å². The summed E-state index contributed by atoms with van der Waals surface area (Å²) in [4.78, 5) is 12.3. The van der Waals surface area contributed by atoms with E-state index in [1.807, 2.05) is 19.1 Å². The van der Waals surface area contributed by atoms with Crippen LogP contribution in [0.1, 0.15) is 41.4 Å². The van der Waals surface area contributed by atoms with Crippen molar-refractivity contribution in [2.24, 2.45) is 0 Å². The predicted octanol–water partition coefficient (Wildman–Crippen LogP) is 3.45. The average molecular weight is 299 g/mol. The maximum absolute atomic E-state index is 12.3. The lowest BCUT2D eigenvalue weighted by Crippen LogP contribution is -2.26. The number of benzene rings is 2. The largest absolute Gasteiger partial charge is 0.507 e. The van der Waals surface area contributed by atoms with Crippen LogP contribution in [0.4, 0.5) is 0 Å². The van der Waals surface area contributed by atoms with Crippen molar-refractivity contribution < 1.29 is 14.6 Å². The fourth-order valence-corrected chi connectivity index (χ4v) is 2.23. The van der Waals surface area contributed by atoms with E-state index in [0.717, 1.165) is 12.0 Å². The molecule has 1 unspecified atom stereocenters. The minimum atomic E-state index is -0.313. The Bertz CT molecular complexity index is 650. The number of aromatic hydroxyl groups is 1. The Kier molecular flexibility index (Phi) is 5.04. The summed E-state index contributed by atoms with van der Waals surface area (Å²) < 4.78 is 5.01. The second kappa shape index (κ2) is 6.98. The molecule has 0 bridgehead atoms. The van der Waals surface area contributed by atoms with Gasteiger partial charge in [-0.15, -0.1) is 0 Å². The standard InChI is InChI=1S/C18H21NO3/c1-4-13-5-7-14(8-6-13)12(2)19-18(21)16-10-9-15(22-3)11-17(16)20/h5-12,20H,4H2,1-3H3,(H,19,21). The third-order valence-electron chi connectivity index (χ3n) is 3.69. The molecule has 2 aromatic rings. The van der Waals surface area contributed by atoms with Crippen LogP contribution in [0, 0.1) is 0 Å². The molecule has 0 aromatic heterocycles. The Hall–Kier alpha value is -2.49. The number of ether oxygens (including phenoxy) is 1. The molecule has 1 amide bonds. The second-order valence-electron chi connectivity index (χ2n) is 5.17. The van der Waals surface area contributed by atoms with Crippen LogP contribution in [0.25, 0.3) is 0 Å². The quantitative estimate of drug-likeness (QED) is 0.889. The molecule has 0 saturated carbocycles. The van der Waals surface area contributed by atoms with Crippen LogP contribution in [0.2, 0.25) is 0 Å². The molecule has 0 aliphatic heterocycles. The van der Waals surface area contributed by atoms with E-state index in [0.29, 0.717) is 5.75 Å². The zero-order chi connectivity index (χ0) is 16.1. The van der Waals surface area contributed by atoms with Crippen molar-refractivity contribution in [3.63, 3.8) is 0 Å². The molecule has 0 saturated heterocycles. The first-order valence-corrected chi connectivity index (χ1v) is 7.31. The predicted molar refractivity (Wildman–Crippen MR) is 86.4 cm³/mol. The number of hydrogen-bond acceptors (Lipinski definition) is 3. The van der Waals surface area contributed by atoms with Gasteiger partial charge in [-0.1, -0.05) is 31.2 Å². The molecular formula is C18H21NO3. The molecule has 0 fully saturated rings. The topological polar surface area (TPSA) is 58.6 Å². The highest BCUT2D eigenvalue weighted by molar-refractivity contribution is 5.97. The molecule has 0 aliphatic carbocycles. The number of amides is 1. The third kappa shape index (κ3) is 3.58. The third-order valence-corrected chi connectivity index (χ3v) is 3.69. The Labute approximate surface area is 130 Å². The van der Waals surface area contributed by atoms with Gasteiger partial charge in [-0.05, 0) is 36.6 Å². The summed E-state index contributed by atoms with van der Waals surface area (Å²) in [7, 11) is 1.51. The SMILES string of the molecule is CCc1ccc(C(C)NC(=O)c2ccc(OC)cc2O)cc1. The van der Waals surface area contributed by atoms with Gasteiger partial charge in [0, 0.05) is 6.07 Å². The first kappa shape index (κ1) is 15.9. The molecule has 22 heavy (non-hydrogen) atoms. The van der Waals surface area contributed by atoms with Gasteiger partial charge in [-0.3, -0.25) is 4.79 Å². The molecule has 4 nitrogen and oxygen atoms in total. The highest BCUT2D eigenvalue weighted by atomic mass is 16.5. The number of rotatable bonds is 5. The molecule has 0 radical (unpaired) electrons. The lowest BCUT2D eigenvalue weighted by atomic mass is 10.0. The highest BCUT2D eigenvalue weighted by Gasteiger charge is 2.15. The number of methoxy groups -OCH3 is 1. The molecule has 0 heterocycles. The Balaban J connectivity index is 2.10. The molecule has 0 aliphatic rings. The minimum Gasteiger partial charge on any atom is -0.507 e.